The van der Waals surface area contributed by atoms with Crippen molar-refractivity contribution in [2.75, 3.05) is 26.3 Å². The minimum absolute atomic E-state index is 0. The summed E-state index contributed by atoms with van der Waals surface area (Å²) in [7, 11) is 0. The van der Waals surface area contributed by atoms with E-state index in [2.05, 4.69) is 20.6 Å². The molecule has 9 heteroatoms. The molecule has 1 heterocycles. The minimum Gasteiger partial charge on any atom is -0.462 e. The van der Waals surface area contributed by atoms with E-state index < -0.39 is 0 Å². The normalized spacial score (nSPS) is 12.3. The van der Waals surface area contributed by atoms with E-state index in [1.165, 1.54) is 11.3 Å². The molecule has 0 aromatic carbocycles. The van der Waals surface area contributed by atoms with Crippen LogP contribution in [0.15, 0.2) is 4.99 Å². The SMILES string of the molecule is CCNC(=NCCO)NC(C)c1nc(C)c(C(=O)OCC)s1.I. The highest BCUT2D eigenvalue weighted by atomic mass is 127. The van der Waals surface area contributed by atoms with Crippen molar-refractivity contribution in [3.8, 4) is 0 Å². The molecule has 0 aliphatic rings. The zero-order valence-corrected chi connectivity index (χ0v) is 17.0. The summed E-state index contributed by atoms with van der Waals surface area (Å²) in [5.41, 5.74) is 0.671. The van der Waals surface area contributed by atoms with Crippen LogP contribution < -0.4 is 10.6 Å². The number of carbonyl (C=O) groups excluding carboxylic acids is 1. The molecule has 1 unspecified atom stereocenters. The highest BCUT2D eigenvalue weighted by molar-refractivity contribution is 14.0. The predicted octanol–water partition coefficient (Wildman–Crippen LogP) is 1.85. The molecule has 0 radical (unpaired) electrons. The van der Waals surface area contributed by atoms with Gasteiger partial charge in [-0.3, -0.25) is 4.99 Å². The van der Waals surface area contributed by atoms with Crippen LogP contribution in [0.1, 0.15) is 47.2 Å². The molecule has 7 nitrogen and oxygen atoms in total. The first-order valence-corrected chi connectivity index (χ1v) is 8.15. The van der Waals surface area contributed by atoms with Gasteiger partial charge in [0.2, 0.25) is 0 Å². The number of guanidine groups is 1. The molecule has 1 atom stereocenters. The number of rotatable bonds is 7. The summed E-state index contributed by atoms with van der Waals surface area (Å²) in [6.45, 7) is 8.87. The summed E-state index contributed by atoms with van der Waals surface area (Å²) >= 11 is 1.32. The largest absolute Gasteiger partial charge is 0.462 e. The smallest absolute Gasteiger partial charge is 0.350 e. The van der Waals surface area contributed by atoms with E-state index in [1.54, 1.807) is 13.8 Å². The lowest BCUT2D eigenvalue weighted by molar-refractivity contribution is 0.0531. The Morgan fingerprint density at radius 1 is 1.48 bits per heavy atom. The number of esters is 1. The van der Waals surface area contributed by atoms with Crippen LogP contribution in [-0.4, -0.2) is 48.3 Å². The van der Waals surface area contributed by atoms with Gasteiger partial charge in [-0.1, -0.05) is 0 Å². The number of nitrogens with zero attached hydrogens (tertiary/aromatic N) is 2. The zero-order valence-electron chi connectivity index (χ0n) is 13.9. The van der Waals surface area contributed by atoms with Crippen molar-refractivity contribution in [2.24, 2.45) is 4.99 Å². The molecule has 0 saturated carbocycles. The van der Waals surface area contributed by atoms with Crippen LogP contribution >= 0.6 is 35.3 Å². The Hall–Kier alpha value is -0.940. The van der Waals surface area contributed by atoms with Crippen LogP contribution in [0.5, 0.6) is 0 Å². The first-order valence-electron chi connectivity index (χ1n) is 7.33. The number of thiazole rings is 1. The van der Waals surface area contributed by atoms with Crippen molar-refractivity contribution >= 4 is 47.2 Å². The third kappa shape index (κ3) is 7.00. The number of hydrogen-bond acceptors (Lipinski definition) is 6. The van der Waals surface area contributed by atoms with Crippen LogP contribution in [0.25, 0.3) is 0 Å². The zero-order chi connectivity index (χ0) is 16.5. The Bertz CT molecular complexity index is 522. The molecule has 3 N–H and O–H groups in total. The molecule has 0 aliphatic heterocycles. The molecule has 0 amide bonds. The summed E-state index contributed by atoms with van der Waals surface area (Å²) in [6, 6.07) is -0.108. The molecule has 132 valence electrons. The monoisotopic (exact) mass is 456 g/mol. The first kappa shape index (κ1) is 22.1. The van der Waals surface area contributed by atoms with Crippen LogP contribution in [0.2, 0.25) is 0 Å². The topological polar surface area (TPSA) is 95.8 Å². The van der Waals surface area contributed by atoms with Gasteiger partial charge < -0.3 is 20.5 Å². The number of halogens is 1. The molecule has 0 saturated heterocycles. The van der Waals surface area contributed by atoms with E-state index in [4.69, 9.17) is 9.84 Å². The lowest BCUT2D eigenvalue weighted by atomic mass is 10.3. The predicted molar refractivity (Wildman–Crippen MR) is 103 cm³/mol. The van der Waals surface area contributed by atoms with E-state index in [1.807, 2.05) is 13.8 Å². The number of hydrogen-bond donors (Lipinski definition) is 3. The van der Waals surface area contributed by atoms with Gasteiger partial charge in [0, 0.05) is 6.54 Å². The highest BCUT2D eigenvalue weighted by Crippen LogP contribution is 2.24. The first-order chi connectivity index (χ1) is 10.5. The van der Waals surface area contributed by atoms with Gasteiger partial charge >= 0.3 is 5.97 Å². The number of ether oxygens (including phenoxy) is 1. The van der Waals surface area contributed by atoms with Gasteiger partial charge in [-0.2, -0.15) is 0 Å². The van der Waals surface area contributed by atoms with Crippen molar-refractivity contribution in [3.63, 3.8) is 0 Å². The Morgan fingerprint density at radius 2 is 2.17 bits per heavy atom. The lowest BCUT2D eigenvalue weighted by Gasteiger charge is -2.15. The molecule has 0 aliphatic carbocycles. The van der Waals surface area contributed by atoms with Crippen LogP contribution in [0.3, 0.4) is 0 Å². The number of aliphatic hydroxyl groups excluding tert-OH is 1. The van der Waals surface area contributed by atoms with Gasteiger partial charge in [-0.15, -0.1) is 35.3 Å². The van der Waals surface area contributed by atoms with Crippen LogP contribution in [0, 0.1) is 6.92 Å². The fourth-order valence-corrected chi connectivity index (χ4v) is 2.70. The van der Waals surface area contributed by atoms with Crippen molar-refractivity contribution in [3.05, 3.63) is 15.6 Å². The van der Waals surface area contributed by atoms with Crippen molar-refractivity contribution < 1.29 is 14.6 Å². The summed E-state index contributed by atoms with van der Waals surface area (Å²) in [5.74, 6) is 0.270. The molecule has 1 aromatic heterocycles. The van der Waals surface area contributed by atoms with Crippen molar-refractivity contribution in [1.82, 2.24) is 15.6 Å². The second kappa shape index (κ2) is 11.6. The van der Waals surface area contributed by atoms with Gasteiger partial charge in [-0.05, 0) is 27.7 Å². The molecule has 0 fully saturated rings. The maximum atomic E-state index is 11.8. The van der Waals surface area contributed by atoms with Gasteiger partial charge in [0.15, 0.2) is 5.96 Å². The second-order valence-corrected chi connectivity index (χ2v) is 5.57. The molecule has 1 rings (SSSR count). The summed E-state index contributed by atoms with van der Waals surface area (Å²) in [6.07, 6.45) is 0. The van der Waals surface area contributed by atoms with Crippen LogP contribution in [-0.2, 0) is 4.74 Å². The van der Waals surface area contributed by atoms with Gasteiger partial charge in [0.05, 0.1) is 31.5 Å². The Kier molecular flexibility index (Phi) is 11.1. The highest BCUT2D eigenvalue weighted by Gasteiger charge is 2.19. The van der Waals surface area contributed by atoms with E-state index in [0.29, 0.717) is 29.7 Å². The van der Waals surface area contributed by atoms with Gasteiger partial charge in [-0.25, -0.2) is 9.78 Å². The number of aromatic nitrogens is 1. The molecule has 0 bridgehead atoms. The number of carbonyl (C=O) groups is 1. The Balaban J connectivity index is 0.00000484. The fraction of sp³-hybridized carbons (Fsp3) is 0.643. The van der Waals surface area contributed by atoms with E-state index in [9.17, 15) is 4.79 Å². The Labute approximate surface area is 158 Å². The second-order valence-electron chi connectivity index (χ2n) is 4.54. The third-order valence-electron chi connectivity index (χ3n) is 2.71. The Morgan fingerprint density at radius 3 is 2.74 bits per heavy atom. The van der Waals surface area contributed by atoms with E-state index in [-0.39, 0.29) is 42.6 Å². The summed E-state index contributed by atoms with van der Waals surface area (Å²) in [4.78, 5) is 21.0. The summed E-state index contributed by atoms with van der Waals surface area (Å²) in [5, 5.41) is 15.9. The average Bonchev–Trinajstić information content (AvgIpc) is 2.87. The van der Waals surface area contributed by atoms with Gasteiger partial charge in [0.25, 0.3) is 0 Å². The standard InChI is InChI=1S/C14H24N4O3S.HI/c1-5-15-14(16-7-8-19)18-10(4)12-17-9(3)11(22-12)13(20)21-6-2;/h10,19H,5-8H2,1-4H3,(H2,15,16,18);1H. The molecular weight excluding hydrogens is 431 g/mol. The number of aliphatic hydroxyl groups is 1. The van der Waals surface area contributed by atoms with Crippen molar-refractivity contribution in [1.29, 1.82) is 0 Å². The lowest BCUT2D eigenvalue weighted by Crippen LogP contribution is -2.39. The number of aryl methyl sites for hydroxylation is 1. The quantitative estimate of drug-likeness (QED) is 0.251. The molecule has 0 spiro atoms. The maximum absolute atomic E-state index is 11.8. The number of nitrogens with one attached hydrogen (secondary N) is 2. The number of aliphatic imine (C=N–C) groups is 1. The van der Waals surface area contributed by atoms with E-state index >= 15 is 0 Å². The third-order valence-corrected chi connectivity index (χ3v) is 4.03. The fourth-order valence-electron chi connectivity index (χ4n) is 1.74. The average molecular weight is 456 g/mol. The minimum atomic E-state index is -0.336. The van der Waals surface area contributed by atoms with E-state index in [0.717, 1.165) is 11.6 Å². The van der Waals surface area contributed by atoms with Crippen molar-refractivity contribution in [2.45, 2.75) is 33.7 Å². The maximum Gasteiger partial charge on any atom is 0.350 e. The summed E-state index contributed by atoms with van der Waals surface area (Å²) < 4.78 is 5.02. The van der Waals surface area contributed by atoms with Crippen LogP contribution in [0.4, 0.5) is 0 Å². The molecule has 1 aromatic rings. The molecule has 23 heavy (non-hydrogen) atoms. The molecular formula is C14H25IN4O3S. The van der Waals surface area contributed by atoms with Gasteiger partial charge in [0.1, 0.15) is 9.88 Å².